The number of pyridine rings is 1. The molecule has 1 rings (SSSR count). The molecule has 0 unspecified atom stereocenters. The minimum atomic E-state index is -2.50. The zero-order valence-corrected chi connectivity index (χ0v) is 9.18. The number of nitrogens with two attached hydrogens (primary N) is 1. The molecule has 2 N–H and O–H groups in total. The summed E-state index contributed by atoms with van der Waals surface area (Å²) >= 11 is 1.96. The molecule has 2 nitrogen and oxygen atoms in total. The van der Waals surface area contributed by atoms with Crippen LogP contribution in [0.3, 0.4) is 0 Å². The first kappa shape index (κ1) is 10.8. The van der Waals surface area contributed by atoms with E-state index < -0.39 is 6.43 Å². The van der Waals surface area contributed by atoms with Crippen LogP contribution in [0, 0.1) is 10.5 Å². The van der Waals surface area contributed by atoms with E-state index in [1.54, 1.807) is 13.1 Å². The average molecular weight is 298 g/mol. The first-order valence-electron chi connectivity index (χ1n) is 3.70. The molecule has 1 aromatic heterocycles. The van der Waals surface area contributed by atoms with Crippen molar-refractivity contribution in [3.63, 3.8) is 0 Å². The van der Waals surface area contributed by atoms with E-state index in [1.807, 2.05) is 22.6 Å². The molecule has 0 amide bonds. The second-order valence-electron chi connectivity index (χ2n) is 2.59. The predicted octanol–water partition coefficient (Wildman–Crippen LogP) is 2.39. The Balaban J connectivity index is 3.35. The lowest BCUT2D eigenvalue weighted by molar-refractivity contribution is 0.149. The first-order valence-corrected chi connectivity index (χ1v) is 4.78. The van der Waals surface area contributed by atoms with Crippen molar-refractivity contribution in [1.29, 1.82) is 0 Å². The maximum atomic E-state index is 12.6. The highest BCUT2D eigenvalue weighted by Crippen LogP contribution is 2.27. The normalized spacial score (nSPS) is 10.9. The van der Waals surface area contributed by atoms with Crippen LogP contribution in [0.15, 0.2) is 6.20 Å². The molecule has 0 aliphatic rings. The van der Waals surface area contributed by atoms with Gasteiger partial charge in [-0.3, -0.25) is 4.98 Å². The van der Waals surface area contributed by atoms with Crippen molar-refractivity contribution in [3.8, 4) is 0 Å². The molecule has 0 aliphatic heterocycles. The van der Waals surface area contributed by atoms with E-state index in [4.69, 9.17) is 5.73 Å². The quantitative estimate of drug-likeness (QED) is 0.852. The van der Waals surface area contributed by atoms with E-state index in [0.717, 1.165) is 0 Å². The standard InChI is InChI=1S/C8H9F2IN2/c1-4-7(8(9)10)5(2-12)6(11)3-13-4/h3,8H,2,12H2,1H3. The van der Waals surface area contributed by atoms with Gasteiger partial charge in [-0.25, -0.2) is 8.78 Å². The van der Waals surface area contributed by atoms with Gasteiger partial charge in [0.15, 0.2) is 0 Å². The van der Waals surface area contributed by atoms with Gasteiger partial charge in [-0.2, -0.15) is 0 Å². The lowest BCUT2D eigenvalue weighted by Gasteiger charge is -2.10. The van der Waals surface area contributed by atoms with Gasteiger partial charge in [-0.05, 0) is 35.1 Å². The number of halogens is 3. The van der Waals surface area contributed by atoms with Crippen molar-refractivity contribution in [2.45, 2.75) is 19.9 Å². The van der Waals surface area contributed by atoms with Crippen molar-refractivity contribution in [2.75, 3.05) is 0 Å². The van der Waals surface area contributed by atoms with Gasteiger partial charge in [-0.1, -0.05) is 0 Å². The summed E-state index contributed by atoms with van der Waals surface area (Å²) in [6.45, 7) is 1.69. The molecule has 5 heteroatoms. The van der Waals surface area contributed by atoms with Crippen LogP contribution in [0.25, 0.3) is 0 Å². The average Bonchev–Trinajstić information content (AvgIpc) is 2.07. The van der Waals surface area contributed by atoms with Gasteiger partial charge < -0.3 is 5.73 Å². The molecule has 13 heavy (non-hydrogen) atoms. The summed E-state index contributed by atoms with van der Waals surface area (Å²) in [5, 5.41) is 0. The molecule has 0 bridgehead atoms. The van der Waals surface area contributed by atoms with Crippen LogP contribution < -0.4 is 5.73 Å². The maximum Gasteiger partial charge on any atom is 0.265 e. The highest BCUT2D eigenvalue weighted by Gasteiger charge is 2.17. The fourth-order valence-electron chi connectivity index (χ4n) is 1.15. The minimum absolute atomic E-state index is 0.0191. The molecule has 0 radical (unpaired) electrons. The number of hydrogen-bond acceptors (Lipinski definition) is 2. The fraction of sp³-hybridized carbons (Fsp3) is 0.375. The molecule has 1 heterocycles. The third-order valence-electron chi connectivity index (χ3n) is 1.80. The number of hydrogen-bond donors (Lipinski definition) is 1. The summed E-state index contributed by atoms with van der Waals surface area (Å²) in [7, 11) is 0. The molecule has 0 spiro atoms. The highest BCUT2D eigenvalue weighted by molar-refractivity contribution is 14.1. The van der Waals surface area contributed by atoms with Crippen LogP contribution in [0.5, 0.6) is 0 Å². The molecule has 0 fully saturated rings. The molecule has 0 aromatic carbocycles. The Hall–Kier alpha value is -0.300. The van der Waals surface area contributed by atoms with E-state index in [1.165, 1.54) is 0 Å². The van der Waals surface area contributed by atoms with Crippen LogP contribution in [-0.2, 0) is 6.54 Å². The number of rotatable bonds is 2. The summed E-state index contributed by atoms with van der Waals surface area (Å²) in [4.78, 5) is 3.87. The first-order chi connectivity index (χ1) is 6.07. The van der Waals surface area contributed by atoms with Crippen LogP contribution in [-0.4, -0.2) is 4.98 Å². The second-order valence-corrected chi connectivity index (χ2v) is 3.75. The van der Waals surface area contributed by atoms with Gasteiger partial charge in [0.2, 0.25) is 0 Å². The smallest absolute Gasteiger partial charge is 0.265 e. The minimum Gasteiger partial charge on any atom is -0.326 e. The monoisotopic (exact) mass is 298 g/mol. The van der Waals surface area contributed by atoms with Crippen LogP contribution in [0.1, 0.15) is 23.2 Å². The number of alkyl halides is 2. The summed E-state index contributed by atoms with van der Waals surface area (Å²) in [6.07, 6.45) is -0.940. The number of aromatic nitrogens is 1. The lowest BCUT2D eigenvalue weighted by Crippen LogP contribution is -2.08. The Bertz CT molecular complexity index is 315. The van der Waals surface area contributed by atoms with E-state index in [2.05, 4.69) is 4.98 Å². The van der Waals surface area contributed by atoms with Gasteiger partial charge in [0.25, 0.3) is 6.43 Å². The highest BCUT2D eigenvalue weighted by atomic mass is 127. The van der Waals surface area contributed by atoms with E-state index in [0.29, 0.717) is 14.8 Å². The molecular weight excluding hydrogens is 289 g/mol. The molecular formula is C8H9F2IN2. The van der Waals surface area contributed by atoms with Gasteiger partial charge in [0, 0.05) is 27.6 Å². The zero-order chi connectivity index (χ0) is 10.0. The van der Waals surface area contributed by atoms with Gasteiger partial charge >= 0.3 is 0 Å². The van der Waals surface area contributed by atoms with Crippen LogP contribution in [0.4, 0.5) is 8.78 Å². The second kappa shape index (κ2) is 4.28. The Kier molecular flexibility index (Phi) is 3.55. The van der Waals surface area contributed by atoms with E-state index >= 15 is 0 Å². The van der Waals surface area contributed by atoms with Crippen molar-refractivity contribution in [3.05, 3.63) is 26.6 Å². The molecule has 0 aliphatic carbocycles. The molecule has 0 saturated carbocycles. The van der Waals surface area contributed by atoms with Crippen molar-refractivity contribution in [2.24, 2.45) is 5.73 Å². The summed E-state index contributed by atoms with van der Waals surface area (Å²) < 4.78 is 25.8. The van der Waals surface area contributed by atoms with Crippen LogP contribution >= 0.6 is 22.6 Å². The molecule has 0 saturated heterocycles. The fourth-order valence-corrected chi connectivity index (χ4v) is 1.80. The Labute approximate surface area is 88.7 Å². The van der Waals surface area contributed by atoms with Gasteiger partial charge in [0.1, 0.15) is 0 Å². The third-order valence-corrected chi connectivity index (χ3v) is 2.73. The summed E-state index contributed by atoms with van der Waals surface area (Å²) in [5.41, 5.74) is 6.23. The maximum absolute atomic E-state index is 12.6. The predicted molar refractivity (Wildman–Crippen MR) is 54.5 cm³/mol. The molecule has 1 aromatic rings. The zero-order valence-electron chi connectivity index (χ0n) is 7.02. The summed E-state index contributed by atoms with van der Waals surface area (Å²) in [5.74, 6) is 0. The van der Waals surface area contributed by atoms with E-state index in [9.17, 15) is 8.78 Å². The Morgan fingerprint density at radius 1 is 1.62 bits per heavy atom. The van der Waals surface area contributed by atoms with Crippen molar-refractivity contribution >= 4 is 22.6 Å². The molecule has 72 valence electrons. The third kappa shape index (κ3) is 2.14. The van der Waals surface area contributed by atoms with E-state index in [-0.39, 0.29) is 12.1 Å². The summed E-state index contributed by atoms with van der Waals surface area (Å²) in [6, 6.07) is 0. The lowest BCUT2D eigenvalue weighted by atomic mass is 10.1. The van der Waals surface area contributed by atoms with Crippen molar-refractivity contribution in [1.82, 2.24) is 4.98 Å². The SMILES string of the molecule is Cc1ncc(I)c(CN)c1C(F)F. The van der Waals surface area contributed by atoms with Crippen LogP contribution in [0.2, 0.25) is 0 Å². The number of nitrogens with zero attached hydrogens (tertiary/aromatic N) is 1. The van der Waals surface area contributed by atoms with Gasteiger partial charge in [-0.15, -0.1) is 0 Å². The van der Waals surface area contributed by atoms with Crippen molar-refractivity contribution < 1.29 is 8.78 Å². The largest absolute Gasteiger partial charge is 0.326 e. The molecule has 0 atom stereocenters. The Morgan fingerprint density at radius 3 is 2.62 bits per heavy atom. The number of aryl methyl sites for hydroxylation is 1. The topological polar surface area (TPSA) is 38.9 Å². The van der Waals surface area contributed by atoms with Gasteiger partial charge in [0.05, 0.1) is 0 Å². The Morgan fingerprint density at radius 2 is 2.23 bits per heavy atom.